The number of hydrogen-bond acceptors (Lipinski definition) is 3. The van der Waals surface area contributed by atoms with Crippen molar-refractivity contribution in [3.05, 3.63) is 94.3 Å². The molecule has 1 aliphatic heterocycles. The van der Waals surface area contributed by atoms with Crippen LogP contribution in [-0.2, 0) is 6.54 Å². The van der Waals surface area contributed by atoms with Gasteiger partial charge in [-0.25, -0.2) is 4.39 Å². The monoisotopic (exact) mass is 479 g/mol. The van der Waals surface area contributed by atoms with Crippen LogP contribution in [0.2, 0.25) is 5.02 Å². The topological polar surface area (TPSA) is 61.4 Å². The lowest BCUT2D eigenvalue weighted by Crippen LogP contribution is -2.35. The number of nitrogens with zero attached hydrogens (tertiary/aromatic N) is 1. The van der Waals surface area contributed by atoms with Gasteiger partial charge in [-0.2, -0.15) is 0 Å². The molecule has 176 valence electrons. The standard InChI is InChI=1S/C27H27ClFN3O2/c1-18-11-13-32(14-12-18)25-10-9-23(31-26(33)20-3-2-4-21(28)15-20)16-24(25)27(34)30-17-19-5-7-22(29)8-6-19/h2-10,15-16,18H,11-14,17H2,1H3,(H,30,34)(H,31,33). The van der Waals surface area contributed by atoms with Crippen LogP contribution in [0.25, 0.3) is 0 Å². The molecule has 0 bridgehead atoms. The molecule has 4 rings (SSSR count). The van der Waals surface area contributed by atoms with Crippen molar-refractivity contribution in [2.24, 2.45) is 5.92 Å². The number of anilines is 2. The predicted octanol–water partition coefficient (Wildman–Crippen LogP) is 5.90. The molecule has 3 aromatic carbocycles. The summed E-state index contributed by atoms with van der Waals surface area (Å²) in [5.41, 5.74) is 3.08. The summed E-state index contributed by atoms with van der Waals surface area (Å²) in [4.78, 5) is 28.1. The Morgan fingerprint density at radius 1 is 1.00 bits per heavy atom. The van der Waals surface area contributed by atoms with Gasteiger partial charge in [0, 0.05) is 41.6 Å². The third-order valence-electron chi connectivity index (χ3n) is 6.08. The van der Waals surface area contributed by atoms with E-state index in [-0.39, 0.29) is 24.2 Å². The van der Waals surface area contributed by atoms with Crippen molar-refractivity contribution in [1.29, 1.82) is 0 Å². The molecule has 0 saturated carbocycles. The van der Waals surface area contributed by atoms with Crippen molar-refractivity contribution in [2.45, 2.75) is 26.3 Å². The van der Waals surface area contributed by atoms with E-state index in [1.54, 1.807) is 42.5 Å². The van der Waals surface area contributed by atoms with Crippen molar-refractivity contribution >= 4 is 34.8 Å². The fourth-order valence-electron chi connectivity index (χ4n) is 4.03. The highest BCUT2D eigenvalue weighted by Crippen LogP contribution is 2.29. The van der Waals surface area contributed by atoms with Crippen LogP contribution in [0.5, 0.6) is 0 Å². The number of amides is 2. The fraction of sp³-hybridized carbons (Fsp3) is 0.259. The Kier molecular flexibility index (Phi) is 7.48. The van der Waals surface area contributed by atoms with E-state index < -0.39 is 0 Å². The molecule has 0 unspecified atom stereocenters. The van der Waals surface area contributed by atoms with Crippen LogP contribution >= 0.6 is 11.6 Å². The number of nitrogens with one attached hydrogen (secondary N) is 2. The minimum atomic E-state index is -0.320. The molecule has 0 atom stereocenters. The average molecular weight is 480 g/mol. The Morgan fingerprint density at radius 2 is 1.74 bits per heavy atom. The van der Waals surface area contributed by atoms with Gasteiger partial charge < -0.3 is 15.5 Å². The molecular weight excluding hydrogens is 453 g/mol. The summed E-state index contributed by atoms with van der Waals surface area (Å²) in [7, 11) is 0. The first-order valence-corrected chi connectivity index (χ1v) is 11.8. The Morgan fingerprint density at radius 3 is 2.44 bits per heavy atom. The van der Waals surface area contributed by atoms with E-state index in [1.165, 1.54) is 12.1 Å². The Balaban J connectivity index is 1.56. The van der Waals surface area contributed by atoms with E-state index in [0.717, 1.165) is 37.2 Å². The van der Waals surface area contributed by atoms with Gasteiger partial charge in [0.25, 0.3) is 11.8 Å². The number of benzene rings is 3. The zero-order valence-electron chi connectivity index (χ0n) is 19.0. The molecule has 5 nitrogen and oxygen atoms in total. The molecule has 2 N–H and O–H groups in total. The highest BCUT2D eigenvalue weighted by atomic mass is 35.5. The lowest BCUT2D eigenvalue weighted by molar-refractivity contribution is 0.0950. The molecule has 7 heteroatoms. The van der Waals surface area contributed by atoms with Crippen LogP contribution in [0.1, 0.15) is 46.0 Å². The van der Waals surface area contributed by atoms with Crippen LogP contribution in [-0.4, -0.2) is 24.9 Å². The number of hydrogen-bond donors (Lipinski definition) is 2. The molecule has 3 aromatic rings. The van der Waals surface area contributed by atoms with Crippen LogP contribution in [0.3, 0.4) is 0 Å². The number of piperidine rings is 1. The molecule has 34 heavy (non-hydrogen) atoms. The molecule has 0 aliphatic carbocycles. The lowest BCUT2D eigenvalue weighted by Gasteiger charge is -2.33. The molecule has 1 saturated heterocycles. The summed E-state index contributed by atoms with van der Waals surface area (Å²) in [6, 6.07) is 18.1. The molecule has 1 heterocycles. The summed E-state index contributed by atoms with van der Waals surface area (Å²) >= 11 is 6.01. The van der Waals surface area contributed by atoms with Gasteiger partial charge in [0.05, 0.1) is 5.56 Å². The maximum Gasteiger partial charge on any atom is 0.255 e. The number of carbonyl (C=O) groups excluding carboxylic acids is 2. The first kappa shape index (κ1) is 23.8. The maximum absolute atomic E-state index is 13.2. The molecule has 0 radical (unpaired) electrons. The lowest BCUT2D eigenvalue weighted by atomic mass is 9.97. The van der Waals surface area contributed by atoms with Gasteiger partial charge in [-0.1, -0.05) is 36.7 Å². The van der Waals surface area contributed by atoms with Crippen LogP contribution in [0.15, 0.2) is 66.7 Å². The van der Waals surface area contributed by atoms with Gasteiger partial charge in [0.15, 0.2) is 0 Å². The van der Waals surface area contributed by atoms with Crippen molar-refractivity contribution < 1.29 is 14.0 Å². The Labute approximate surface area is 203 Å². The molecule has 2 amide bonds. The molecule has 0 aromatic heterocycles. The van der Waals surface area contributed by atoms with Crippen LogP contribution in [0.4, 0.5) is 15.8 Å². The van der Waals surface area contributed by atoms with E-state index in [4.69, 9.17) is 11.6 Å². The normalized spacial score (nSPS) is 14.0. The van der Waals surface area contributed by atoms with E-state index in [1.807, 2.05) is 12.1 Å². The van der Waals surface area contributed by atoms with Crippen molar-refractivity contribution in [2.75, 3.05) is 23.3 Å². The molecule has 1 fully saturated rings. The van der Waals surface area contributed by atoms with Crippen molar-refractivity contribution in [3.8, 4) is 0 Å². The zero-order chi connectivity index (χ0) is 24.1. The van der Waals surface area contributed by atoms with Gasteiger partial charge in [0.1, 0.15) is 5.82 Å². The van der Waals surface area contributed by atoms with Gasteiger partial charge >= 0.3 is 0 Å². The highest BCUT2D eigenvalue weighted by molar-refractivity contribution is 6.31. The molecule has 0 spiro atoms. The van der Waals surface area contributed by atoms with Gasteiger partial charge in [-0.05, 0) is 72.9 Å². The zero-order valence-corrected chi connectivity index (χ0v) is 19.7. The second-order valence-electron chi connectivity index (χ2n) is 8.68. The predicted molar refractivity (Wildman–Crippen MR) is 134 cm³/mol. The summed E-state index contributed by atoms with van der Waals surface area (Å²) in [6.07, 6.45) is 2.12. The quantitative estimate of drug-likeness (QED) is 0.463. The summed E-state index contributed by atoms with van der Waals surface area (Å²) < 4.78 is 13.2. The van der Waals surface area contributed by atoms with Crippen molar-refractivity contribution in [1.82, 2.24) is 5.32 Å². The van der Waals surface area contributed by atoms with Crippen LogP contribution < -0.4 is 15.5 Å². The Hall–Kier alpha value is -3.38. The van der Waals surface area contributed by atoms with Crippen molar-refractivity contribution in [3.63, 3.8) is 0 Å². The first-order valence-electron chi connectivity index (χ1n) is 11.4. The summed E-state index contributed by atoms with van der Waals surface area (Å²) in [5.74, 6) is -0.223. The molecule has 1 aliphatic rings. The molecular formula is C27H27ClFN3O2. The van der Waals surface area contributed by atoms with Gasteiger partial charge in [-0.15, -0.1) is 0 Å². The second-order valence-corrected chi connectivity index (χ2v) is 9.11. The minimum Gasteiger partial charge on any atom is -0.371 e. The third kappa shape index (κ3) is 5.94. The Bertz CT molecular complexity index is 1170. The first-order chi connectivity index (χ1) is 16.4. The largest absolute Gasteiger partial charge is 0.371 e. The summed E-state index contributed by atoms with van der Waals surface area (Å²) in [5, 5.41) is 6.26. The second kappa shape index (κ2) is 10.7. The minimum absolute atomic E-state index is 0.253. The number of halogens is 2. The maximum atomic E-state index is 13.2. The van der Waals surface area contributed by atoms with E-state index >= 15 is 0 Å². The third-order valence-corrected chi connectivity index (χ3v) is 6.31. The number of carbonyl (C=O) groups is 2. The van der Waals surface area contributed by atoms with E-state index in [2.05, 4.69) is 22.5 Å². The van der Waals surface area contributed by atoms with Gasteiger partial charge in [0.2, 0.25) is 0 Å². The fourth-order valence-corrected chi connectivity index (χ4v) is 4.22. The average Bonchev–Trinajstić information content (AvgIpc) is 2.84. The van der Waals surface area contributed by atoms with Crippen LogP contribution in [0, 0.1) is 11.7 Å². The SMILES string of the molecule is CC1CCN(c2ccc(NC(=O)c3cccc(Cl)c3)cc2C(=O)NCc2ccc(F)cc2)CC1. The summed E-state index contributed by atoms with van der Waals surface area (Å²) in [6.45, 7) is 4.25. The van der Waals surface area contributed by atoms with E-state index in [0.29, 0.717) is 27.8 Å². The van der Waals surface area contributed by atoms with E-state index in [9.17, 15) is 14.0 Å². The van der Waals surface area contributed by atoms with Gasteiger partial charge in [-0.3, -0.25) is 9.59 Å². The smallest absolute Gasteiger partial charge is 0.255 e. The number of rotatable bonds is 6. The highest BCUT2D eigenvalue weighted by Gasteiger charge is 2.22.